The van der Waals surface area contributed by atoms with Gasteiger partial charge >= 0.3 is 18.4 Å². The number of hydrogen-bond donors (Lipinski definition) is 0. The number of likely N-dealkylation sites (tertiary alicyclic amines) is 1. The molecule has 36 heavy (non-hydrogen) atoms. The molecule has 0 aliphatic carbocycles. The Balaban J connectivity index is 1.79. The monoisotopic (exact) mass is 517 g/mol. The number of rotatable bonds is 5. The lowest BCUT2D eigenvalue weighted by atomic mass is 9.88. The van der Waals surface area contributed by atoms with Gasteiger partial charge < -0.3 is 14.4 Å². The highest BCUT2D eigenvalue weighted by Gasteiger charge is 2.38. The first-order valence-electron chi connectivity index (χ1n) is 11.5. The minimum atomic E-state index is -4.93. The fourth-order valence-electron chi connectivity index (χ4n) is 4.14. The van der Waals surface area contributed by atoms with E-state index in [4.69, 9.17) is 9.47 Å². The van der Waals surface area contributed by atoms with Crippen LogP contribution < -0.4 is 0 Å². The molecule has 1 heterocycles. The van der Waals surface area contributed by atoms with E-state index in [1.54, 1.807) is 25.7 Å². The van der Waals surface area contributed by atoms with Crippen molar-refractivity contribution in [2.24, 2.45) is 5.92 Å². The molecule has 2 aromatic rings. The Hall–Kier alpha value is -2.75. The number of benzene rings is 2. The summed E-state index contributed by atoms with van der Waals surface area (Å²) in [5.74, 6) is -0.235. The SMILES string of the molecule is CC(C)(C)OC(=O)N1CC[C@@H](OCc2cc(C(F)(F)F)cc(C(F)(F)F)c2)[C@@H](Cc2ccccc2)C1. The van der Waals surface area contributed by atoms with E-state index in [0.717, 1.165) is 5.56 Å². The molecule has 0 unspecified atom stereocenters. The number of hydrogen-bond acceptors (Lipinski definition) is 3. The van der Waals surface area contributed by atoms with Gasteiger partial charge in [0.2, 0.25) is 0 Å². The maximum atomic E-state index is 13.2. The Bertz CT molecular complexity index is 998. The lowest BCUT2D eigenvalue weighted by Gasteiger charge is -2.39. The van der Waals surface area contributed by atoms with E-state index in [0.29, 0.717) is 31.5 Å². The van der Waals surface area contributed by atoms with Crippen molar-refractivity contribution >= 4 is 6.09 Å². The molecule has 198 valence electrons. The van der Waals surface area contributed by atoms with Crippen LogP contribution in [0.5, 0.6) is 0 Å². The summed E-state index contributed by atoms with van der Waals surface area (Å²) in [6, 6.07) is 10.9. The first-order valence-corrected chi connectivity index (χ1v) is 11.5. The summed E-state index contributed by atoms with van der Waals surface area (Å²) in [5, 5.41) is 0. The van der Waals surface area contributed by atoms with Crippen molar-refractivity contribution in [3.8, 4) is 0 Å². The zero-order valence-electron chi connectivity index (χ0n) is 20.2. The van der Waals surface area contributed by atoms with Crippen molar-refractivity contribution in [3.63, 3.8) is 0 Å². The first kappa shape index (κ1) is 27.8. The highest BCUT2D eigenvalue weighted by molar-refractivity contribution is 5.68. The Morgan fingerprint density at radius 1 is 0.917 bits per heavy atom. The Morgan fingerprint density at radius 3 is 2.03 bits per heavy atom. The van der Waals surface area contributed by atoms with Gasteiger partial charge in [0.1, 0.15) is 5.60 Å². The number of nitrogens with zero attached hydrogens (tertiary/aromatic N) is 1. The van der Waals surface area contributed by atoms with Gasteiger partial charge in [0.05, 0.1) is 23.8 Å². The average molecular weight is 518 g/mol. The van der Waals surface area contributed by atoms with E-state index in [2.05, 4.69) is 0 Å². The molecule has 2 aromatic carbocycles. The van der Waals surface area contributed by atoms with Crippen LogP contribution in [0.2, 0.25) is 0 Å². The molecule has 0 N–H and O–H groups in total. The zero-order chi connectivity index (χ0) is 26.7. The molecule has 0 aromatic heterocycles. The zero-order valence-corrected chi connectivity index (χ0v) is 20.2. The van der Waals surface area contributed by atoms with Crippen molar-refractivity contribution < 1.29 is 40.6 Å². The molecule has 4 nitrogen and oxygen atoms in total. The number of halogens is 6. The van der Waals surface area contributed by atoms with Gasteiger partial charge in [0.15, 0.2) is 0 Å². The number of alkyl halides is 6. The minimum Gasteiger partial charge on any atom is -0.444 e. The summed E-state index contributed by atoms with van der Waals surface area (Å²) in [4.78, 5) is 14.2. The van der Waals surface area contributed by atoms with Crippen molar-refractivity contribution in [2.45, 2.75) is 64.3 Å². The molecule has 0 bridgehead atoms. The molecule has 0 spiro atoms. The lowest BCUT2D eigenvalue weighted by Crippen LogP contribution is -2.49. The van der Waals surface area contributed by atoms with Crippen LogP contribution >= 0.6 is 0 Å². The summed E-state index contributed by atoms with van der Waals surface area (Å²) in [7, 11) is 0. The second-order valence-electron chi connectivity index (χ2n) is 9.93. The lowest BCUT2D eigenvalue weighted by molar-refractivity contribution is -0.143. The van der Waals surface area contributed by atoms with Crippen LogP contribution in [-0.2, 0) is 34.9 Å². The summed E-state index contributed by atoms with van der Waals surface area (Å²) >= 11 is 0. The predicted molar refractivity (Wildman–Crippen MR) is 121 cm³/mol. The predicted octanol–water partition coefficient (Wildman–Crippen LogP) is 7.11. The van der Waals surface area contributed by atoms with Gasteiger partial charge in [-0.1, -0.05) is 30.3 Å². The van der Waals surface area contributed by atoms with E-state index in [1.165, 1.54) is 0 Å². The van der Waals surface area contributed by atoms with Gasteiger partial charge in [0, 0.05) is 19.0 Å². The molecular weight excluding hydrogens is 488 g/mol. The van der Waals surface area contributed by atoms with Crippen LogP contribution in [0.25, 0.3) is 0 Å². The van der Waals surface area contributed by atoms with Crippen LogP contribution in [0.1, 0.15) is 49.4 Å². The smallest absolute Gasteiger partial charge is 0.416 e. The highest BCUT2D eigenvalue weighted by Crippen LogP contribution is 2.37. The van der Waals surface area contributed by atoms with Gasteiger partial charge in [0.25, 0.3) is 0 Å². The highest BCUT2D eigenvalue weighted by atomic mass is 19.4. The Morgan fingerprint density at radius 2 is 1.50 bits per heavy atom. The van der Waals surface area contributed by atoms with Crippen LogP contribution in [-0.4, -0.2) is 35.8 Å². The number of amides is 1. The molecular formula is C26H29F6NO3. The van der Waals surface area contributed by atoms with Gasteiger partial charge in [-0.2, -0.15) is 26.3 Å². The quantitative estimate of drug-likeness (QED) is 0.397. The minimum absolute atomic E-state index is 0.0982. The van der Waals surface area contributed by atoms with Crippen molar-refractivity contribution in [1.82, 2.24) is 4.90 Å². The molecule has 1 aliphatic heterocycles. The first-order chi connectivity index (χ1) is 16.6. The standard InChI is InChI=1S/C26H29F6NO3/c1-24(2,3)36-23(34)33-10-9-22(19(15-33)11-17-7-5-4-6-8-17)35-16-18-12-20(25(27,28)29)14-21(13-18)26(30,31)32/h4-8,12-14,19,22H,9-11,15-16H2,1-3H3/t19-,22+/m0/s1. The average Bonchev–Trinajstić information content (AvgIpc) is 2.76. The summed E-state index contributed by atoms with van der Waals surface area (Å²) in [6.45, 7) is 5.42. The normalized spacial score (nSPS) is 19.3. The third-order valence-electron chi connectivity index (χ3n) is 5.77. The van der Waals surface area contributed by atoms with Crippen molar-refractivity contribution in [2.75, 3.05) is 13.1 Å². The van der Waals surface area contributed by atoms with E-state index < -0.39 is 47.9 Å². The number of ether oxygens (including phenoxy) is 2. The van der Waals surface area contributed by atoms with Crippen LogP contribution in [0.15, 0.2) is 48.5 Å². The molecule has 1 fully saturated rings. The largest absolute Gasteiger partial charge is 0.444 e. The van der Waals surface area contributed by atoms with Gasteiger partial charge in [-0.3, -0.25) is 0 Å². The van der Waals surface area contributed by atoms with Gasteiger partial charge in [-0.15, -0.1) is 0 Å². The van der Waals surface area contributed by atoms with Crippen molar-refractivity contribution in [1.29, 1.82) is 0 Å². The summed E-state index contributed by atoms with van der Waals surface area (Å²) in [5.41, 5.74) is -2.68. The molecule has 3 rings (SSSR count). The van der Waals surface area contributed by atoms with Crippen LogP contribution in [0, 0.1) is 5.92 Å². The van der Waals surface area contributed by atoms with E-state index in [-0.39, 0.29) is 24.1 Å². The Kier molecular flexibility index (Phi) is 8.27. The van der Waals surface area contributed by atoms with Crippen LogP contribution in [0.4, 0.5) is 31.1 Å². The number of piperidine rings is 1. The molecule has 1 aliphatic rings. The topological polar surface area (TPSA) is 38.8 Å². The molecule has 10 heteroatoms. The third kappa shape index (κ3) is 7.88. The maximum Gasteiger partial charge on any atom is 0.416 e. The van der Waals surface area contributed by atoms with Crippen LogP contribution in [0.3, 0.4) is 0 Å². The number of carbonyl (C=O) groups is 1. The molecule has 0 saturated carbocycles. The van der Waals surface area contributed by atoms with Gasteiger partial charge in [-0.05, 0) is 62.9 Å². The molecule has 1 saturated heterocycles. The van der Waals surface area contributed by atoms with E-state index in [1.807, 2.05) is 30.3 Å². The van der Waals surface area contributed by atoms with Crippen molar-refractivity contribution in [3.05, 3.63) is 70.8 Å². The Labute approximate surface area is 206 Å². The fraction of sp³-hybridized carbons (Fsp3) is 0.500. The van der Waals surface area contributed by atoms with E-state index in [9.17, 15) is 31.1 Å². The molecule has 2 atom stereocenters. The summed E-state index contributed by atoms with van der Waals surface area (Å²) < 4.78 is 90.7. The third-order valence-corrected chi connectivity index (χ3v) is 5.77. The van der Waals surface area contributed by atoms with E-state index >= 15 is 0 Å². The maximum absolute atomic E-state index is 13.2. The molecule has 1 amide bonds. The summed E-state index contributed by atoms with van der Waals surface area (Å²) in [6.07, 6.45) is -9.93. The second-order valence-corrected chi connectivity index (χ2v) is 9.93. The fourth-order valence-corrected chi connectivity index (χ4v) is 4.14. The molecule has 0 radical (unpaired) electrons. The number of carbonyl (C=O) groups excluding carboxylic acids is 1. The second kappa shape index (κ2) is 10.7. The van der Waals surface area contributed by atoms with Gasteiger partial charge in [-0.25, -0.2) is 4.79 Å².